The summed E-state index contributed by atoms with van der Waals surface area (Å²) in [6.07, 6.45) is 1.24. The average Bonchev–Trinajstić information content (AvgIpc) is 2.10. The summed E-state index contributed by atoms with van der Waals surface area (Å²) in [6, 6.07) is 3.91. The number of hydrogen-bond acceptors (Lipinski definition) is 1. The van der Waals surface area contributed by atoms with Crippen LogP contribution in [0.5, 0.6) is 5.75 Å². The summed E-state index contributed by atoms with van der Waals surface area (Å²) >= 11 is 0. The maximum absolute atomic E-state index is 12.9. The van der Waals surface area contributed by atoms with E-state index in [1.165, 1.54) is 12.1 Å². The normalized spacial score (nSPS) is 10.6. The van der Waals surface area contributed by atoms with Gasteiger partial charge in [-0.2, -0.15) is 8.78 Å². The molecule has 0 N–H and O–H groups in total. The van der Waals surface area contributed by atoms with E-state index in [9.17, 15) is 13.2 Å². The second-order valence-corrected chi connectivity index (χ2v) is 2.75. The van der Waals surface area contributed by atoms with Crippen LogP contribution in [0.4, 0.5) is 13.2 Å². The summed E-state index contributed by atoms with van der Waals surface area (Å²) in [4.78, 5) is 0. The van der Waals surface area contributed by atoms with Gasteiger partial charge in [0.15, 0.2) is 11.6 Å². The van der Waals surface area contributed by atoms with Gasteiger partial charge < -0.3 is 4.74 Å². The molecule has 0 amide bonds. The summed E-state index contributed by atoms with van der Waals surface area (Å²) in [5, 5.41) is 0. The fourth-order valence-electron chi connectivity index (χ4n) is 1.09. The molecule has 0 aliphatic rings. The van der Waals surface area contributed by atoms with Crippen LogP contribution in [0.3, 0.4) is 0 Å². The van der Waals surface area contributed by atoms with Crippen LogP contribution in [-0.2, 0) is 6.42 Å². The zero-order chi connectivity index (χ0) is 10.6. The lowest BCUT2D eigenvalue weighted by Gasteiger charge is -2.07. The summed E-state index contributed by atoms with van der Waals surface area (Å²) in [6.45, 7) is 0.611. The number of benzene rings is 1. The fraction of sp³-hybridized carbons (Fsp3) is 0.300. The van der Waals surface area contributed by atoms with E-state index >= 15 is 0 Å². The molecule has 4 heteroatoms. The molecule has 0 spiro atoms. The Kier molecular flexibility index (Phi) is 3.80. The summed E-state index contributed by atoms with van der Waals surface area (Å²) in [7, 11) is 0. The van der Waals surface area contributed by atoms with Crippen molar-refractivity contribution >= 4 is 0 Å². The highest BCUT2D eigenvalue weighted by atomic mass is 19.3. The van der Waals surface area contributed by atoms with E-state index in [2.05, 4.69) is 11.7 Å². The number of halogens is 3. The molecule has 1 aromatic rings. The quantitative estimate of drug-likeness (QED) is 0.730. The topological polar surface area (TPSA) is 9.23 Å². The molecule has 0 heterocycles. The van der Waals surface area contributed by atoms with Gasteiger partial charge in [-0.05, 0) is 30.5 Å². The lowest BCUT2D eigenvalue weighted by Crippen LogP contribution is -2.04. The van der Waals surface area contributed by atoms with Crippen LogP contribution >= 0.6 is 0 Å². The Bertz CT molecular complexity index is 299. The van der Waals surface area contributed by atoms with Gasteiger partial charge in [-0.15, -0.1) is 0 Å². The molecule has 0 unspecified atom stereocenters. The largest absolute Gasteiger partial charge is 0.432 e. The number of ether oxygens (including phenoxy) is 1. The average molecular weight is 203 g/mol. The van der Waals surface area contributed by atoms with E-state index in [4.69, 9.17) is 0 Å². The maximum Gasteiger partial charge on any atom is 0.387 e. The van der Waals surface area contributed by atoms with Crippen LogP contribution in [-0.4, -0.2) is 6.61 Å². The number of alkyl halides is 2. The zero-order valence-corrected chi connectivity index (χ0v) is 7.47. The first-order chi connectivity index (χ1) is 6.63. The van der Waals surface area contributed by atoms with Crippen molar-refractivity contribution < 1.29 is 17.9 Å². The Hall–Kier alpha value is -1.19. The summed E-state index contributed by atoms with van der Waals surface area (Å²) in [5.41, 5.74) is 0.733. The Morgan fingerprint density at radius 1 is 1.36 bits per heavy atom. The van der Waals surface area contributed by atoms with E-state index < -0.39 is 18.2 Å². The maximum atomic E-state index is 12.9. The third-order valence-electron chi connectivity index (χ3n) is 1.68. The second-order valence-electron chi connectivity index (χ2n) is 2.75. The van der Waals surface area contributed by atoms with E-state index in [0.717, 1.165) is 11.6 Å². The minimum atomic E-state index is -3.00. The molecule has 1 rings (SSSR count). The molecule has 1 radical (unpaired) electrons. The van der Waals surface area contributed by atoms with Crippen LogP contribution in [0.15, 0.2) is 18.2 Å². The van der Waals surface area contributed by atoms with Gasteiger partial charge in [0, 0.05) is 0 Å². The minimum absolute atomic E-state index is 0.411. The monoisotopic (exact) mass is 203 g/mol. The Morgan fingerprint density at radius 3 is 2.64 bits per heavy atom. The molecule has 0 aliphatic carbocycles. The van der Waals surface area contributed by atoms with Crippen LogP contribution < -0.4 is 4.74 Å². The molecule has 77 valence electrons. The molecule has 0 aromatic heterocycles. The van der Waals surface area contributed by atoms with Gasteiger partial charge >= 0.3 is 6.61 Å². The van der Waals surface area contributed by atoms with Crippen LogP contribution in [0, 0.1) is 12.7 Å². The fourth-order valence-corrected chi connectivity index (χ4v) is 1.09. The summed E-state index contributed by atoms with van der Waals surface area (Å²) < 4.78 is 40.5. The molecular formula is C10H10F3O. The van der Waals surface area contributed by atoms with Gasteiger partial charge in [0.1, 0.15) is 0 Å². The first kappa shape index (κ1) is 10.9. The van der Waals surface area contributed by atoms with Gasteiger partial charge in [-0.1, -0.05) is 13.0 Å². The molecule has 0 bridgehead atoms. The highest BCUT2D eigenvalue weighted by Gasteiger charge is 2.09. The molecule has 14 heavy (non-hydrogen) atoms. The molecule has 0 saturated carbocycles. The molecule has 0 saturated heterocycles. The lowest BCUT2D eigenvalue weighted by molar-refractivity contribution is -0.0522. The molecular weight excluding hydrogens is 193 g/mol. The molecule has 0 aliphatic heterocycles. The molecule has 0 fully saturated rings. The van der Waals surface area contributed by atoms with Crippen molar-refractivity contribution in [1.29, 1.82) is 0 Å². The highest BCUT2D eigenvalue weighted by molar-refractivity contribution is 5.30. The van der Waals surface area contributed by atoms with Gasteiger partial charge in [-0.3, -0.25) is 0 Å². The van der Waals surface area contributed by atoms with Crippen molar-refractivity contribution in [2.45, 2.75) is 19.5 Å². The second kappa shape index (κ2) is 4.88. The lowest BCUT2D eigenvalue weighted by atomic mass is 10.1. The number of rotatable bonds is 4. The Balaban J connectivity index is 2.84. The molecule has 1 nitrogen and oxygen atoms in total. The highest BCUT2D eigenvalue weighted by Crippen LogP contribution is 2.21. The Morgan fingerprint density at radius 2 is 2.07 bits per heavy atom. The number of aryl methyl sites for hydroxylation is 1. The van der Waals surface area contributed by atoms with Crippen LogP contribution in [0.1, 0.15) is 12.0 Å². The summed E-state index contributed by atoms with van der Waals surface area (Å²) in [5.74, 6) is -1.19. The van der Waals surface area contributed by atoms with Crippen molar-refractivity contribution in [3.63, 3.8) is 0 Å². The van der Waals surface area contributed by atoms with Crippen molar-refractivity contribution in [1.82, 2.24) is 0 Å². The zero-order valence-electron chi connectivity index (χ0n) is 7.47. The first-order valence-corrected chi connectivity index (χ1v) is 4.16. The first-order valence-electron chi connectivity index (χ1n) is 4.16. The van der Waals surface area contributed by atoms with Gasteiger partial charge in [0.2, 0.25) is 0 Å². The van der Waals surface area contributed by atoms with Crippen LogP contribution in [0.25, 0.3) is 0 Å². The molecule has 0 atom stereocenters. The molecule has 1 aromatic carbocycles. The SMILES string of the molecule is [CH2]CCc1ccc(F)c(OC(F)F)c1. The van der Waals surface area contributed by atoms with Crippen molar-refractivity contribution in [2.75, 3.05) is 0 Å². The van der Waals surface area contributed by atoms with Crippen molar-refractivity contribution in [3.8, 4) is 5.75 Å². The van der Waals surface area contributed by atoms with Crippen molar-refractivity contribution in [3.05, 3.63) is 36.5 Å². The third-order valence-corrected chi connectivity index (χ3v) is 1.68. The number of hydrogen-bond donors (Lipinski definition) is 0. The Labute approximate surface area is 80.5 Å². The van der Waals surface area contributed by atoms with E-state index in [1.54, 1.807) is 0 Å². The van der Waals surface area contributed by atoms with Crippen LogP contribution in [0.2, 0.25) is 0 Å². The van der Waals surface area contributed by atoms with E-state index in [0.29, 0.717) is 12.8 Å². The third kappa shape index (κ3) is 2.94. The van der Waals surface area contributed by atoms with Crippen molar-refractivity contribution in [2.24, 2.45) is 0 Å². The predicted octanol–water partition coefficient (Wildman–Crippen LogP) is 3.19. The smallest absolute Gasteiger partial charge is 0.387 e. The standard InChI is InChI=1S/C10H10F3O/c1-2-3-7-4-5-8(11)9(6-7)14-10(12)13/h4-6,10H,1-3H2. The van der Waals surface area contributed by atoms with Gasteiger partial charge in [-0.25, -0.2) is 4.39 Å². The van der Waals surface area contributed by atoms with Gasteiger partial charge in [0.05, 0.1) is 0 Å². The predicted molar refractivity (Wildman–Crippen MR) is 46.7 cm³/mol. The van der Waals surface area contributed by atoms with E-state index in [1.807, 2.05) is 0 Å². The minimum Gasteiger partial charge on any atom is -0.432 e. The van der Waals surface area contributed by atoms with Gasteiger partial charge in [0.25, 0.3) is 0 Å². The van der Waals surface area contributed by atoms with E-state index in [-0.39, 0.29) is 0 Å².